The van der Waals surface area contributed by atoms with Crippen molar-refractivity contribution in [2.75, 3.05) is 6.61 Å². The Morgan fingerprint density at radius 3 is 1.77 bits per heavy atom. The number of aliphatic hydroxyl groups is 2. The topological polar surface area (TPSA) is 271 Å². The summed E-state index contributed by atoms with van der Waals surface area (Å²) >= 11 is 0. The van der Waals surface area contributed by atoms with Gasteiger partial charge in [0.25, 0.3) is 0 Å². The first-order valence-electron chi connectivity index (χ1n) is 8.98. The molecule has 0 saturated heterocycles. The van der Waals surface area contributed by atoms with Gasteiger partial charge in [-0.25, -0.2) is 4.79 Å². The Bertz CT molecular complexity index is 698. The summed E-state index contributed by atoms with van der Waals surface area (Å²) in [6.07, 6.45) is -3.10. The normalized spacial score (nSPS) is 15.5. The molecule has 0 aromatic carbocycles. The molecular formula is C16H27N5O10. The van der Waals surface area contributed by atoms with Crippen LogP contribution in [0.25, 0.3) is 0 Å². The molecule has 0 saturated carbocycles. The molecule has 5 atom stereocenters. The minimum absolute atomic E-state index is 0.477. The first kappa shape index (κ1) is 27.7. The highest BCUT2D eigenvalue weighted by Gasteiger charge is 2.31. The number of hydrogen-bond acceptors (Lipinski definition) is 9. The summed E-state index contributed by atoms with van der Waals surface area (Å²) in [6, 6.07) is -6.35. The molecule has 0 bridgehead atoms. The van der Waals surface area contributed by atoms with Gasteiger partial charge in [-0.15, -0.1) is 0 Å². The maximum absolute atomic E-state index is 12.4. The lowest BCUT2D eigenvalue weighted by Crippen LogP contribution is -2.59. The van der Waals surface area contributed by atoms with Crippen molar-refractivity contribution in [1.29, 1.82) is 0 Å². The highest BCUT2D eigenvalue weighted by atomic mass is 16.4. The minimum atomic E-state index is -1.73. The largest absolute Gasteiger partial charge is 0.481 e. The average Bonchev–Trinajstić information content (AvgIpc) is 2.66. The zero-order valence-electron chi connectivity index (χ0n) is 16.6. The molecule has 0 aromatic heterocycles. The van der Waals surface area contributed by atoms with Crippen LogP contribution in [0.15, 0.2) is 0 Å². The van der Waals surface area contributed by atoms with Crippen molar-refractivity contribution in [1.82, 2.24) is 16.0 Å². The van der Waals surface area contributed by atoms with Gasteiger partial charge in [-0.05, 0) is 13.3 Å². The molecular weight excluding hydrogens is 422 g/mol. The third-order valence-electron chi connectivity index (χ3n) is 3.94. The maximum Gasteiger partial charge on any atom is 0.326 e. The van der Waals surface area contributed by atoms with Crippen molar-refractivity contribution < 1.29 is 49.2 Å². The zero-order valence-corrected chi connectivity index (χ0v) is 16.6. The van der Waals surface area contributed by atoms with Crippen molar-refractivity contribution in [3.05, 3.63) is 0 Å². The van der Waals surface area contributed by atoms with Crippen LogP contribution in [-0.4, -0.2) is 92.9 Å². The van der Waals surface area contributed by atoms with Crippen LogP contribution in [0, 0.1) is 0 Å². The van der Waals surface area contributed by atoms with Crippen LogP contribution in [-0.2, 0) is 28.8 Å². The van der Waals surface area contributed by atoms with Crippen LogP contribution >= 0.6 is 0 Å². The van der Waals surface area contributed by atoms with Crippen molar-refractivity contribution >= 4 is 35.6 Å². The van der Waals surface area contributed by atoms with Crippen molar-refractivity contribution in [3.8, 4) is 0 Å². The fourth-order valence-electron chi connectivity index (χ4n) is 2.16. The number of aliphatic carboxylic acids is 2. The van der Waals surface area contributed by atoms with E-state index >= 15 is 0 Å². The van der Waals surface area contributed by atoms with E-state index in [1.54, 1.807) is 0 Å². The standard InChI is InChI=1S/C16H27N5O10/c1-6(23)12(18)15(29)21-9(5-22)14(28)19-7(2-3-11(25)26)13(27)20-8(16(30)31)4-10(17)24/h6-9,12,22-23H,2-5,18H2,1H3,(H2,17,24)(H,19,28)(H,20,27)(H,21,29)(H,25,26)(H,30,31). The quantitative estimate of drug-likeness (QED) is 0.121. The van der Waals surface area contributed by atoms with Gasteiger partial charge < -0.3 is 47.8 Å². The fraction of sp³-hybridized carbons (Fsp3) is 0.625. The summed E-state index contributed by atoms with van der Waals surface area (Å²) in [4.78, 5) is 69.5. The van der Waals surface area contributed by atoms with E-state index in [4.69, 9.17) is 21.7 Å². The molecule has 0 heterocycles. The van der Waals surface area contributed by atoms with Gasteiger partial charge in [-0.2, -0.15) is 0 Å². The van der Waals surface area contributed by atoms with Crippen LogP contribution < -0.4 is 27.4 Å². The van der Waals surface area contributed by atoms with E-state index in [0.717, 1.165) is 0 Å². The summed E-state index contributed by atoms with van der Waals surface area (Å²) in [6.45, 7) is 0.284. The minimum Gasteiger partial charge on any atom is -0.481 e. The molecule has 0 aliphatic carbocycles. The monoisotopic (exact) mass is 449 g/mol. The first-order valence-corrected chi connectivity index (χ1v) is 8.98. The second-order valence-electron chi connectivity index (χ2n) is 6.57. The second kappa shape index (κ2) is 13.1. The van der Waals surface area contributed by atoms with Crippen LogP contribution in [0.1, 0.15) is 26.2 Å². The number of hydrogen-bond donors (Lipinski definition) is 9. The number of amides is 4. The van der Waals surface area contributed by atoms with Gasteiger partial charge >= 0.3 is 11.9 Å². The van der Waals surface area contributed by atoms with Crippen LogP contribution in [0.3, 0.4) is 0 Å². The molecule has 0 spiro atoms. The lowest BCUT2D eigenvalue weighted by molar-refractivity contribution is -0.144. The van der Waals surface area contributed by atoms with Gasteiger partial charge in [-0.1, -0.05) is 0 Å². The van der Waals surface area contributed by atoms with E-state index in [1.165, 1.54) is 6.92 Å². The number of aliphatic hydroxyl groups excluding tert-OH is 2. The van der Waals surface area contributed by atoms with E-state index in [-0.39, 0.29) is 0 Å². The number of carbonyl (C=O) groups is 6. The van der Waals surface area contributed by atoms with E-state index < -0.39 is 91.7 Å². The van der Waals surface area contributed by atoms with Crippen molar-refractivity contribution in [3.63, 3.8) is 0 Å². The first-order chi connectivity index (χ1) is 14.3. The van der Waals surface area contributed by atoms with Gasteiger partial charge in [0.1, 0.15) is 24.2 Å². The molecule has 0 rings (SSSR count). The lowest BCUT2D eigenvalue weighted by Gasteiger charge is -2.24. The molecule has 4 amide bonds. The third kappa shape index (κ3) is 10.3. The molecule has 31 heavy (non-hydrogen) atoms. The van der Waals surface area contributed by atoms with E-state index in [2.05, 4.69) is 10.6 Å². The van der Waals surface area contributed by atoms with E-state index in [9.17, 15) is 39.0 Å². The molecule has 0 aromatic rings. The number of nitrogens with one attached hydrogen (secondary N) is 3. The Labute approximate surface area is 176 Å². The summed E-state index contributed by atoms with van der Waals surface area (Å²) in [5.41, 5.74) is 10.3. The zero-order chi connectivity index (χ0) is 24.3. The summed E-state index contributed by atoms with van der Waals surface area (Å²) < 4.78 is 0. The highest BCUT2D eigenvalue weighted by molar-refractivity contribution is 5.95. The highest BCUT2D eigenvalue weighted by Crippen LogP contribution is 2.02. The predicted molar refractivity (Wildman–Crippen MR) is 101 cm³/mol. The summed E-state index contributed by atoms with van der Waals surface area (Å²) in [5, 5.41) is 42.6. The molecule has 15 nitrogen and oxygen atoms in total. The van der Waals surface area contributed by atoms with Gasteiger partial charge in [0.2, 0.25) is 23.6 Å². The van der Waals surface area contributed by atoms with E-state index in [1.807, 2.05) is 5.32 Å². The Morgan fingerprint density at radius 1 is 0.871 bits per heavy atom. The Morgan fingerprint density at radius 2 is 1.35 bits per heavy atom. The number of carboxylic acids is 2. The predicted octanol–water partition coefficient (Wildman–Crippen LogP) is -5.03. The van der Waals surface area contributed by atoms with Gasteiger partial charge in [0.15, 0.2) is 0 Å². The Hall–Kier alpha value is -3.30. The van der Waals surface area contributed by atoms with Gasteiger partial charge in [0, 0.05) is 6.42 Å². The molecule has 15 heteroatoms. The fourth-order valence-corrected chi connectivity index (χ4v) is 2.16. The molecule has 0 radical (unpaired) electrons. The number of carboxylic acid groups (broad SMARTS) is 2. The summed E-state index contributed by atoms with van der Waals surface area (Å²) in [5.74, 6) is -7.18. The molecule has 5 unspecified atom stereocenters. The molecule has 0 fully saturated rings. The van der Waals surface area contributed by atoms with Crippen LogP contribution in [0.2, 0.25) is 0 Å². The number of carbonyl (C=O) groups excluding carboxylic acids is 4. The maximum atomic E-state index is 12.4. The molecule has 0 aliphatic rings. The van der Waals surface area contributed by atoms with Crippen molar-refractivity contribution in [2.45, 2.75) is 56.5 Å². The molecule has 11 N–H and O–H groups in total. The number of primary amides is 1. The molecule has 176 valence electrons. The van der Waals surface area contributed by atoms with Crippen LogP contribution in [0.4, 0.5) is 0 Å². The number of rotatable bonds is 14. The number of nitrogens with two attached hydrogens (primary N) is 2. The summed E-state index contributed by atoms with van der Waals surface area (Å²) in [7, 11) is 0. The third-order valence-corrected chi connectivity index (χ3v) is 3.94. The van der Waals surface area contributed by atoms with E-state index in [0.29, 0.717) is 0 Å². The lowest BCUT2D eigenvalue weighted by atomic mass is 10.1. The Kier molecular flexibility index (Phi) is 11.7. The van der Waals surface area contributed by atoms with Crippen molar-refractivity contribution in [2.24, 2.45) is 11.5 Å². The smallest absolute Gasteiger partial charge is 0.326 e. The SMILES string of the molecule is CC(O)C(N)C(=O)NC(CO)C(=O)NC(CCC(=O)O)C(=O)NC(CC(N)=O)C(=O)O. The molecule has 0 aliphatic heterocycles. The van der Waals surface area contributed by atoms with Gasteiger partial charge in [-0.3, -0.25) is 24.0 Å². The second-order valence-corrected chi connectivity index (χ2v) is 6.57. The average molecular weight is 449 g/mol. The van der Waals surface area contributed by atoms with Gasteiger partial charge in [0.05, 0.1) is 19.1 Å². The Balaban J connectivity index is 5.38. The van der Waals surface area contributed by atoms with Crippen LogP contribution in [0.5, 0.6) is 0 Å².